The predicted molar refractivity (Wildman–Crippen MR) is 84.2 cm³/mol. The number of furan rings is 1. The molecule has 2 rings (SSSR count). The first-order valence-corrected chi connectivity index (χ1v) is 7.17. The van der Waals surface area contributed by atoms with Crippen LogP contribution >= 0.6 is 0 Å². The highest BCUT2D eigenvalue weighted by molar-refractivity contribution is 5.95. The number of amides is 1. The Labute approximate surface area is 134 Å². The van der Waals surface area contributed by atoms with Crippen molar-refractivity contribution >= 4 is 11.9 Å². The van der Waals surface area contributed by atoms with Crippen molar-refractivity contribution in [2.24, 2.45) is 0 Å². The average molecular weight is 317 g/mol. The molecule has 2 N–H and O–H groups in total. The second kappa shape index (κ2) is 7.00. The number of benzene rings is 1. The molecule has 0 aliphatic carbocycles. The monoisotopic (exact) mass is 317 g/mol. The highest BCUT2D eigenvalue weighted by atomic mass is 16.5. The molecule has 0 aliphatic heterocycles. The molecular formula is C17H19NO5. The summed E-state index contributed by atoms with van der Waals surface area (Å²) in [6.45, 7) is 3.94. The van der Waals surface area contributed by atoms with Crippen molar-refractivity contribution < 1.29 is 23.8 Å². The van der Waals surface area contributed by atoms with E-state index in [0.29, 0.717) is 35.8 Å². The Kier molecular flexibility index (Phi) is 5.05. The maximum Gasteiger partial charge on any atom is 0.335 e. The highest BCUT2D eigenvalue weighted by Gasteiger charge is 2.14. The van der Waals surface area contributed by atoms with Gasteiger partial charge in [0.1, 0.15) is 17.3 Å². The van der Waals surface area contributed by atoms with Crippen molar-refractivity contribution in [2.75, 3.05) is 13.7 Å². The third-order valence-electron chi connectivity index (χ3n) is 3.50. The Morgan fingerprint density at radius 2 is 2.00 bits per heavy atom. The summed E-state index contributed by atoms with van der Waals surface area (Å²) in [6, 6.07) is 6.39. The number of ether oxygens (including phenoxy) is 1. The molecule has 2 aromatic rings. The fourth-order valence-corrected chi connectivity index (χ4v) is 2.35. The number of nitrogens with one attached hydrogen (secondary N) is 1. The van der Waals surface area contributed by atoms with Gasteiger partial charge in [-0.15, -0.1) is 0 Å². The minimum atomic E-state index is -1.01. The van der Waals surface area contributed by atoms with Crippen molar-refractivity contribution in [1.29, 1.82) is 0 Å². The lowest BCUT2D eigenvalue weighted by atomic mass is 10.1. The van der Waals surface area contributed by atoms with Gasteiger partial charge in [-0.1, -0.05) is 6.07 Å². The van der Waals surface area contributed by atoms with Crippen molar-refractivity contribution in [3.05, 3.63) is 52.5 Å². The lowest BCUT2D eigenvalue weighted by molar-refractivity contribution is 0.0696. The summed E-state index contributed by atoms with van der Waals surface area (Å²) in [4.78, 5) is 23.0. The zero-order valence-corrected chi connectivity index (χ0v) is 13.3. The molecular weight excluding hydrogens is 298 g/mol. The third-order valence-corrected chi connectivity index (χ3v) is 3.50. The molecule has 0 bridgehead atoms. The molecule has 122 valence electrons. The molecule has 1 amide bonds. The molecule has 0 atom stereocenters. The van der Waals surface area contributed by atoms with Crippen LogP contribution in [0.15, 0.2) is 28.7 Å². The third kappa shape index (κ3) is 3.91. The summed E-state index contributed by atoms with van der Waals surface area (Å²) >= 11 is 0. The molecule has 0 unspecified atom stereocenters. The molecule has 0 spiro atoms. The van der Waals surface area contributed by atoms with Crippen LogP contribution in [-0.4, -0.2) is 30.6 Å². The number of rotatable bonds is 6. The molecule has 0 aliphatic rings. The van der Waals surface area contributed by atoms with Crippen LogP contribution in [0.25, 0.3) is 0 Å². The van der Waals surface area contributed by atoms with E-state index >= 15 is 0 Å². The van der Waals surface area contributed by atoms with Gasteiger partial charge in [0.2, 0.25) is 0 Å². The number of hydrogen-bond donors (Lipinski definition) is 2. The van der Waals surface area contributed by atoms with Crippen LogP contribution in [-0.2, 0) is 6.42 Å². The van der Waals surface area contributed by atoms with Crippen LogP contribution in [0.1, 0.15) is 37.8 Å². The van der Waals surface area contributed by atoms with Crippen LogP contribution in [0.3, 0.4) is 0 Å². The van der Waals surface area contributed by atoms with E-state index in [1.54, 1.807) is 26.0 Å². The molecule has 1 aromatic heterocycles. The average Bonchev–Trinajstić information content (AvgIpc) is 2.85. The summed E-state index contributed by atoms with van der Waals surface area (Å²) in [6.07, 6.45) is 0.532. The normalized spacial score (nSPS) is 10.4. The molecule has 0 saturated carbocycles. The molecule has 23 heavy (non-hydrogen) atoms. The molecule has 0 fully saturated rings. The standard InChI is InChI=1S/C17H19NO5/c1-10-8-14(11(2)23-10)16(19)18-7-6-12-4-5-13(17(20)21)9-15(12)22-3/h4-5,8-9H,6-7H2,1-3H3,(H,18,19)(H,20,21). The lowest BCUT2D eigenvalue weighted by Gasteiger charge is -2.10. The van der Waals surface area contributed by atoms with Crippen molar-refractivity contribution in [3.63, 3.8) is 0 Å². The first-order chi connectivity index (χ1) is 10.9. The fourth-order valence-electron chi connectivity index (χ4n) is 2.35. The first kappa shape index (κ1) is 16.6. The van der Waals surface area contributed by atoms with E-state index in [0.717, 1.165) is 5.56 Å². The van der Waals surface area contributed by atoms with E-state index in [4.69, 9.17) is 14.3 Å². The second-order valence-corrected chi connectivity index (χ2v) is 5.16. The smallest absolute Gasteiger partial charge is 0.335 e. The minimum absolute atomic E-state index is 0.166. The van der Waals surface area contributed by atoms with Crippen LogP contribution < -0.4 is 10.1 Å². The lowest BCUT2D eigenvalue weighted by Crippen LogP contribution is -2.26. The SMILES string of the molecule is COc1cc(C(=O)O)ccc1CCNC(=O)c1cc(C)oc1C. The minimum Gasteiger partial charge on any atom is -0.496 e. The van der Waals surface area contributed by atoms with E-state index in [2.05, 4.69) is 5.32 Å². The maximum atomic E-state index is 12.1. The van der Waals surface area contributed by atoms with Crippen LogP contribution in [0.2, 0.25) is 0 Å². The van der Waals surface area contributed by atoms with Crippen molar-refractivity contribution in [1.82, 2.24) is 5.32 Å². The van der Waals surface area contributed by atoms with Gasteiger partial charge in [-0.25, -0.2) is 4.79 Å². The van der Waals surface area contributed by atoms with Crippen molar-refractivity contribution in [3.8, 4) is 5.75 Å². The number of hydrogen-bond acceptors (Lipinski definition) is 4. The zero-order valence-electron chi connectivity index (χ0n) is 13.3. The van der Waals surface area contributed by atoms with Gasteiger partial charge in [0.15, 0.2) is 0 Å². The fraction of sp³-hybridized carbons (Fsp3) is 0.294. The van der Waals surface area contributed by atoms with Gasteiger partial charge in [0.05, 0.1) is 18.2 Å². The molecule has 6 heteroatoms. The maximum absolute atomic E-state index is 12.1. The molecule has 1 aromatic carbocycles. The quantitative estimate of drug-likeness (QED) is 0.855. The second-order valence-electron chi connectivity index (χ2n) is 5.16. The number of carbonyl (C=O) groups is 2. The summed E-state index contributed by atoms with van der Waals surface area (Å²) in [7, 11) is 1.49. The molecule has 0 radical (unpaired) electrons. The Morgan fingerprint density at radius 1 is 1.26 bits per heavy atom. The molecule has 1 heterocycles. The van der Waals surface area contributed by atoms with E-state index in [1.807, 2.05) is 0 Å². The summed E-state index contributed by atoms with van der Waals surface area (Å²) in [5.41, 5.74) is 1.52. The molecule has 0 saturated heterocycles. The summed E-state index contributed by atoms with van der Waals surface area (Å²) in [5, 5.41) is 11.8. The van der Waals surface area contributed by atoms with E-state index < -0.39 is 5.97 Å². The Hall–Kier alpha value is -2.76. The summed E-state index contributed by atoms with van der Waals surface area (Å²) in [5.74, 6) is 0.575. The van der Waals surface area contributed by atoms with Gasteiger partial charge in [0.25, 0.3) is 5.91 Å². The topological polar surface area (TPSA) is 88.8 Å². The Morgan fingerprint density at radius 3 is 2.57 bits per heavy atom. The molecule has 6 nitrogen and oxygen atoms in total. The predicted octanol–water partition coefficient (Wildman–Crippen LogP) is 2.58. The van der Waals surface area contributed by atoms with E-state index in [1.165, 1.54) is 19.2 Å². The van der Waals surface area contributed by atoms with Gasteiger partial charge < -0.3 is 19.6 Å². The van der Waals surface area contributed by atoms with Gasteiger partial charge in [-0.2, -0.15) is 0 Å². The number of carbonyl (C=O) groups excluding carboxylic acids is 1. The van der Waals surface area contributed by atoms with Gasteiger partial charge in [0, 0.05) is 6.54 Å². The number of methoxy groups -OCH3 is 1. The van der Waals surface area contributed by atoms with E-state index in [-0.39, 0.29) is 11.5 Å². The number of aromatic carboxylic acids is 1. The number of aryl methyl sites for hydroxylation is 2. The summed E-state index contributed by atoms with van der Waals surface area (Å²) < 4.78 is 10.5. The van der Waals surface area contributed by atoms with Gasteiger partial charge in [-0.05, 0) is 44.0 Å². The zero-order chi connectivity index (χ0) is 17.0. The Balaban J connectivity index is 2.00. The largest absolute Gasteiger partial charge is 0.496 e. The van der Waals surface area contributed by atoms with E-state index in [9.17, 15) is 9.59 Å². The van der Waals surface area contributed by atoms with Crippen molar-refractivity contribution in [2.45, 2.75) is 20.3 Å². The Bertz CT molecular complexity index is 733. The van der Waals surface area contributed by atoms with Crippen LogP contribution in [0.4, 0.5) is 0 Å². The number of carboxylic acid groups (broad SMARTS) is 1. The highest BCUT2D eigenvalue weighted by Crippen LogP contribution is 2.21. The van der Waals surface area contributed by atoms with Crippen LogP contribution in [0.5, 0.6) is 5.75 Å². The number of carboxylic acids is 1. The van der Waals surface area contributed by atoms with Crippen LogP contribution in [0, 0.1) is 13.8 Å². The van der Waals surface area contributed by atoms with Gasteiger partial charge >= 0.3 is 5.97 Å². The van der Waals surface area contributed by atoms with Gasteiger partial charge in [-0.3, -0.25) is 4.79 Å². The first-order valence-electron chi connectivity index (χ1n) is 7.17.